The topological polar surface area (TPSA) is 50.2 Å². The first kappa shape index (κ1) is 20.6. The summed E-state index contributed by atoms with van der Waals surface area (Å²) in [4.78, 5) is 15.6. The van der Waals surface area contributed by atoms with Crippen LogP contribution in [0.4, 0.5) is 11.5 Å². The number of allylic oxidation sites excluding steroid dienone is 2. The summed E-state index contributed by atoms with van der Waals surface area (Å²) in [6, 6.07) is 18.8. The molecule has 1 atom stereocenters. The summed E-state index contributed by atoms with van der Waals surface area (Å²) in [6.45, 7) is 6.39. The van der Waals surface area contributed by atoms with E-state index in [1.54, 1.807) is 0 Å². The predicted molar refractivity (Wildman–Crippen MR) is 130 cm³/mol. The van der Waals surface area contributed by atoms with Crippen LogP contribution >= 0.6 is 0 Å². The van der Waals surface area contributed by atoms with Gasteiger partial charge in [-0.15, -0.1) is 0 Å². The van der Waals surface area contributed by atoms with E-state index in [0.29, 0.717) is 6.42 Å². The zero-order valence-corrected chi connectivity index (χ0v) is 19.4. The van der Waals surface area contributed by atoms with Crippen LogP contribution in [0.25, 0.3) is 5.69 Å². The van der Waals surface area contributed by atoms with Crippen molar-refractivity contribution in [1.82, 2.24) is 9.78 Å². The lowest BCUT2D eigenvalue weighted by atomic mass is 9.69. The maximum Gasteiger partial charge on any atom is 0.162 e. The lowest BCUT2D eigenvalue weighted by Crippen LogP contribution is -2.34. The summed E-state index contributed by atoms with van der Waals surface area (Å²) in [6.07, 6.45) is 1.42. The van der Waals surface area contributed by atoms with E-state index in [4.69, 9.17) is 5.10 Å². The first-order valence-corrected chi connectivity index (χ1v) is 11.2. The number of para-hydroxylation sites is 1. The number of aromatic nitrogens is 2. The molecule has 0 saturated heterocycles. The fourth-order valence-electron chi connectivity index (χ4n) is 5.13. The lowest BCUT2D eigenvalue weighted by molar-refractivity contribution is -0.118. The number of nitrogens with zero attached hydrogens (tertiary/aromatic N) is 3. The van der Waals surface area contributed by atoms with Crippen LogP contribution in [-0.2, 0) is 4.79 Å². The monoisotopic (exact) mass is 426 g/mol. The molecule has 3 aromatic rings. The maximum atomic E-state index is 13.5. The highest BCUT2D eigenvalue weighted by Gasteiger charge is 2.42. The van der Waals surface area contributed by atoms with Crippen LogP contribution in [0.5, 0.6) is 0 Å². The van der Waals surface area contributed by atoms with Gasteiger partial charge in [-0.3, -0.25) is 4.79 Å². The highest BCUT2D eigenvalue weighted by Crippen LogP contribution is 2.50. The molecule has 5 heteroatoms. The van der Waals surface area contributed by atoms with Gasteiger partial charge in [-0.25, -0.2) is 4.68 Å². The normalized spacial score (nSPS) is 19.3. The summed E-state index contributed by atoms with van der Waals surface area (Å²) in [5.41, 5.74) is 7.21. The van der Waals surface area contributed by atoms with Gasteiger partial charge in [0.15, 0.2) is 5.78 Å². The van der Waals surface area contributed by atoms with E-state index < -0.39 is 0 Å². The third-order valence-corrected chi connectivity index (χ3v) is 6.62. The Hall–Kier alpha value is -3.34. The zero-order chi connectivity index (χ0) is 22.6. The highest BCUT2D eigenvalue weighted by atomic mass is 16.1. The Morgan fingerprint density at radius 1 is 1.03 bits per heavy atom. The third kappa shape index (κ3) is 3.32. The van der Waals surface area contributed by atoms with E-state index in [0.717, 1.165) is 51.7 Å². The second-order valence-electron chi connectivity index (χ2n) is 9.97. The van der Waals surface area contributed by atoms with Gasteiger partial charge in [-0.2, -0.15) is 5.10 Å². The van der Waals surface area contributed by atoms with Crippen molar-refractivity contribution >= 4 is 17.3 Å². The van der Waals surface area contributed by atoms with Gasteiger partial charge in [-0.1, -0.05) is 44.2 Å². The Morgan fingerprint density at radius 3 is 2.38 bits per heavy atom. The van der Waals surface area contributed by atoms with Crippen molar-refractivity contribution in [1.29, 1.82) is 0 Å². The van der Waals surface area contributed by atoms with E-state index >= 15 is 0 Å². The van der Waals surface area contributed by atoms with Crippen molar-refractivity contribution in [2.75, 3.05) is 24.3 Å². The number of aryl methyl sites for hydroxylation is 1. The van der Waals surface area contributed by atoms with Crippen molar-refractivity contribution in [2.45, 2.75) is 39.5 Å². The fraction of sp³-hybridized carbons (Fsp3) is 0.333. The van der Waals surface area contributed by atoms with Crippen molar-refractivity contribution in [3.05, 3.63) is 82.7 Å². The Morgan fingerprint density at radius 2 is 1.72 bits per heavy atom. The van der Waals surface area contributed by atoms with Gasteiger partial charge in [0.2, 0.25) is 0 Å². The molecule has 1 aromatic heterocycles. The van der Waals surface area contributed by atoms with Crippen molar-refractivity contribution in [3.63, 3.8) is 0 Å². The van der Waals surface area contributed by atoms with Crippen LogP contribution in [-0.4, -0.2) is 29.7 Å². The standard InChI is InChI=1S/C27H30N4O/c1-17-23-24(18-11-13-19(14-12-18)30(4)5)25-21(15-27(2,3)16-22(25)32)28-26(23)31(29-17)20-9-7-6-8-10-20/h6-14,24,28H,15-16H2,1-5H3/t24-/m1/s1. The number of Topliss-reactive ketones (excluding diaryl/α,β-unsaturated/α-hetero) is 1. The van der Waals surface area contributed by atoms with Crippen LogP contribution in [0.15, 0.2) is 65.9 Å². The molecular formula is C27H30N4O. The molecule has 5 nitrogen and oxygen atoms in total. The fourth-order valence-corrected chi connectivity index (χ4v) is 5.13. The van der Waals surface area contributed by atoms with E-state index in [-0.39, 0.29) is 17.1 Å². The Labute approximate surface area is 189 Å². The largest absolute Gasteiger partial charge is 0.378 e. The van der Waals surface area contributed by atoms with Gasteiger partial charge in [0, 0.05) is 49.0 Å². The average molecular weight is 427 g/mol. The first-order valence-electron chi connectivity index (χ1n) is 11.2. The lowest BCUT2D eigenvalue weighted by Gasteiger charge is -2.38. The van der Waals surface area contributed by atoms with E-state index in [1.807, 2.05) is 43.9 Å². The van der Waals surface area contributed by atoms with Crippen molar-refractivity contribution in [2.24, 2.45) is 5.41 Å². The predicted octanol–water partition coefficient (Wildman–Crippen LogP) is 5.45. The van der Waals surface area contributed by atoms with E-state index in [9.17, 15) is 4.79 Å². The van der Waals surface area contributed by atoms with Gasteiger partial charge in [0.1, 0.15) is 5.82 Å². The Bertz CT molecular complexity index is 1220. The molecule has 2 aromatic carbocycles. The minimum atomic E-state index is -0.112. The molecular weight excluding hydrogens is 396 g/mol. The molecule has 1 aliphatic carbocycles. The quantitative estimate of drug-likeness (QED) is 0.605. The number of fused-ring (bicyclic) bond motifs is 1. The molecule has 0 fully saturated rings. The summed E-state index contributed by atoms with van der Waals surface area (Å²) in [7, 11) is 4.08. The smallest absolute Gasteiger partial charge is 0.162 e. The van der Waals surface area contributed by atoms with E-state index in [1.165, 1.54) is 0 Å². The van der Waals surface area contributed by atoms with Gasteiger partial charge in [-0.05, 0) is 48.6 Å². The van der Waals surface area contributed by atoms with Crippen LogP contribution in [0.3, 0.4) is 0 Å². The van der Waals surface area contributed by atoms with Gasteiger partial charge >= 0.3 is 0 Å². The molecule has 0 amide bonds. The minimum absolute atomic E-state index is 0.0631. The number of carbonyl (C=O) groups excluding carboxylic acids is 1. The number of ketones is 1. The van der Waals surface area contributed by atoms with Crippen LogP contribution in [0.2, 0.25) is 0 Å². The molecule has 32 heavy (non-hydrogen) atoms. The SMILES string of the molecule is Cc1nn(-c2ccccc2)c2c1[C@@H](c1ccc(N(C)C)cc1)C1=C(CC(C)(C)CC1=O)N2. The molecule has 2 heterocycles. The molecule has 0 radical (unpaired) electrons. The maximum absolute atomic E-state index is 13.5. The molecule has 2 aliphatic rings. The number of carbonyl (C=O) groups is 1. The number of nitrogens with one attached hydrogen (secondary N) is 1. The number of anilines is 2. The summed E-state index contributed by atoms with van der Waals surface area (Å²) in [5, 5.41) is 8.56. The molecule has 0 unspecified atom stereocenters. The summed E-state index contributed by atoms with van der Waals surface area (Å²) in [5.74, 6) is 1.10. The first-order chi connectivity index (χ1) is 15.2. The second kappa shape index (κ2) is 7.37. The van der Waals surface area contributed by atoms with Crippen LogP contribution < -0.4 is 10.2 Å². The molecule has 0 spiro atoms. The van der Waals surface area contributed by atoms with E-state index in [2.05, 4.69) is 60.5 Å². The summed E-state index contributed by atoms with van der Waals surface area (Å²) < 4.78 is 1.99. The van der Waals surface area contributed by atoms with Gasteiger partial charge in [0.05, 0.1) is 11.4 Å². The highest BCUT2D eigenvalue weighted by molar-refractivity contribution is 6.01. The average Bonchev–Trinajstić information content (AvgIpc) is 3.08. The van der Waals surface area contributed by atoms with Crippen molar-refractivity contribution in [3.8, 4) is 5.69 Å². The third-order valence-electron chi connectivity index (χ3n) is 6.62. The van der Waals surface area contributed by atoms with Crippen LogP contribution in [0.1, 0.15) is 49.4 Å². The summed E-state index contributed by atoms with van der Waals surface area (Å²) >= 11 is 0. The molecule has 164 valence electrons. The molecule has 0 bridgehead atoms. The minimum Gasteiger partial charge on any atom is -0.378 e. The zero-order valence-electron chi connectivity index (χ0n) is 19.4. The molecule has 1 N–H and O–H groups in total. The number of rotatable bonds is 3. The molecule has 1 aliphatic heterocycles. The molecule has 0 saturated carbocycles. The Balaban J connectivity index is 1.73. The van der Waals surface area contributed by atoms with Gasteiger partial charge < -0.3 is 10.2 Å². The number of benzene rings is 2. The van der Waals surface area contributed by atoms with Gasteiger partial charge in [0.25, 0.3) is 0 Å². The second-order valence-corrected chi connectivity index (χ2v) is 9.97. The molecule has 5 rings (SSSR count). The Kier molecular flexibility index (Phi) is 4.73. The number of hydrogen-bond donors (Lipinski definition) is 1. The van der Waals surface area contributed by atoms with Crippen molar-refractivity contribution < 1.29 is 4.79 Å². The number of hydrogen-bond acceptors (Lipinski definition) is 4. The van der Waals surface area contributed by atoms with Crippen LogP contribution in [0, 0.1) is 12.3 Å².